The number of alkyl halides is 1. The van der Waals surface area contributed by atoms with Gasteiger partial charge in [0.1, 0.15) is 11.5 Å². The van der Waals surface area contributed by atoms with Crippen molar-refractivity contribution in [3.63, 3.8) is 0 Å². The second kappa shape index (κ2) is 7.00. The highest BCUT2D eigenvalue weighted by Gasteiger charge is 2.13. The van der Waals surface area contributed by atoms with Crippen LogP contribution in [0.4, 0.5) is 0 Å². The van der Waals surface area contributed by atoms with Crippen LogP contribution in [0.1, 0.15) is 16.0 Å². The molecule has 0 aliphatic heterocycles. The minimum Gasteiger partial charge on any atom is -0.497 e. The number of rotatable bonds is 5. The van der Waals surface area contributed by atoms with Crippen molar-refractivity contribution in [2.45, 2.75) is 11.2 Å². The molecule has 0 aliphatic carbocycles. The number of methoxy groups -OCH3 is 2. The highest BCUT2D eigenvalue weighted by Crippen LogP contribution is 2.34. The second-order valence-corrected chi connectivity index (χ2v) is 5.92. The van der Waals surface area contributed by atoms with Gasteiger partial charge in [-0.25, -0.2) is 0 Å². The summed E-state index contributed by atoms with van der Waals surface area (Å²) in [6.07, 6.45) is 0.802. The molecule has 4 heteroatoms. The van der Waals surface area contributed by atoms with Gasteiger partial charge in [-0.05, 0) is 35.7 Å². The normalized spacial score (nSPS) is 12.0. The summed E-state index contributed by atoms with van der Waals surface area (Å²) in [5.41, 5.74) is 2.21. The van der Waals surface area contributed by atoms with Crippen LogP contribution in [0, 0.1) is 0 Å². The third-order valence-corrected chi connectivity index (χ3v) is 4.31. The maximum atomic E-state index is 6.20. The predicted molar refractivity (Wildman–Crippen MR) is 86.4 cm³/mol. The Bertz CT molecular complexity index is 564. The zero-order valence-electron chi connectivity index (χ0n) is 11.4. The molecule has 0 heterocycles. The van der Waals surface area contributed by atoms with Gasteiger partial charge in [0.15, 0.2) is 0 Å². The molecule has 0 N–H and O–H groups in total. The maximum Gasteiger partial charge on any atom is 0.122 e. The number of ether oxygens (including phenoxy) is 2. The van der Waals surface area contributed by atoms with E-state index < -0.39 is 0 Å². The van der Waals surface area contributed by atoms with Gasteiger partial charge in [-0.2, -0.15) is 0 Å². The number of hydrogen-bond acceptors (Lipinski definition) is 2. The van der Waals surface area contributed by atoms with E-state index in [4.69, 9.17) is 21.1 Å². The molecule has 0 saturated heterocycles. The third-order valence-electron chi connectivity index (χ3n) is 3.09. The van der Waals surface area contributed by atoms with Crippen molar-refractivity contribution in [1.82, 2.24) is 0 Å². The summed E-state index contributed by atoms with van der Waals surface area (Å²) in [5.74, 6) is 1.56. The van der Waals surface area contributed by atoms with E-state index in [1.54, 1.807) is 14.2 Å². The molecule has 2 nitrogen and oxygen atoms in total. The van der Waals surface area contributed by atoms with Gasteiger partial charge in [-0.1, -0.05) is 45.7 Å². The lowest BCUT2D eigenvalue weighted by Gasteiger charge is -2.14. The highest BCUT2D eigenvalue weighted by atomic mass is 79.9. The zero-order valence-corrected chi connectivity index (χ0v) is 13.7. The second-order valence-electron chi connectivity index (χ2n) is 4.41. The Morgan fingerprint density at radius 3 is 2.20 bits per heavy atom. The monoisotopic (exact) mass is 354 g/mol. The lowest BCUT2D eigenvalue weighted by Crippen LogP contribution is -1.98. The van der Waals surface area contributed by atoms with Crippen LogP contribution in [0.2, 0.25) is 5.02 Å². The fourth-order valence-electron chi connectivity index (χ4n) is 1.99. The summed E-state index contributed by atoms with van der Waals surface area (Å²) in [6.45, 7) is 0. The zero-order chi connectivity index (χ0) is 14.5. The van der Waals surface area contributed by atoms with Crippen molar-refractivity contribution in [3.8, 4) is 11.5 Å². The Morgan fingerprint density at radius 1 is 1.05 bits per heavy atom. The predicted octanol–water partition coefficient (Wildman–Crippen LogP) is 5.04. The van der Waals surface area contributed by atoms with Crippen molar-refractivity contribution in [2.24, 2.45) is 0 Å². The highest BCUT2D eigenvalue weighted by molar-refractivity contribution is 9.09. The summed E-state index contributed by atoms with van der Waals surface area (Å²) < 4.78 is 10.6. The average Bonchev–Trinajstić information content (AvgIpc) is 2.48. The van der Waals surface area contributed by atoms with Gasteiger partial charge in [0.25, 0.3) is 0 Å². The molecule has 0 aliphatic rings. The van der Waals surface area contributed by atoms with Crippen molar-refractivity contribution >= 4 is 27.5 Å². The fraction of sp³-hybridized carbons (Fsp3) is 0.250. The molecule has 0 aromatic heterocycles. The summed E-state index contributed by atoms with van der Waals surface area (Å²) in [7, 11) is 3.30. The standard InChI is InChI=1S/C16H16BrClO2/c1-19-13-7-12(8-14(10-13)20-2)15(17)9-11-5-3-4-6-16(11)18/h3-8,10,15H,9H2,1-2H3. The van der Waals surface area contributed by atoms with E-state index in [9.17, 15) is 0 Å². The molecule has 2 aromatic rings. The van der Waals surface area contributed by atoms with E-state index >= 15 is 0 Å². The van der Waals surface area contributed by atoms with Gasteiger partial charge in [0, 0.05) is 15.9 Å². The maximum absolute atomic E-state index is 6.20. The van der Waals surface area contributed by atoms with Gasteiger partial charge in [0.2, 0.25) is 0 Å². The van der Waals surface area contributed by atoms with E-state index in [0.717, 1.165) is 34.1 Å². The minimum absolute atomic E-state index is 0.145. The van der Waals surface area contributed by atoms with Crippen molar-refractivity contribution in [1.29, 1.82) is 0 Å². The molecule has 0 amide bonds. The van der Waals surface area contributed by atoms with Gasteiger partial charge in [-0.3, -0.25) is 0 Å². The average molecular weight is 356 g/mol. The summed E-state index contributed by atoms with van der Waals surface area (Å²) in [6, 6.07) is 13.7. The van der Waals surface area contributed by atoms with Gasteiger partial charge >= 0.3 is 0 Å². The summed E-state index contributed by atoms with van der Waals surface area (Å²) in [4.78, 5) is 0.145. The van der Waals surface area contributed by atoms with Crippen LogP contribution in [-0.2, 0) is 6.42 Å². The van der Waals surface area contributed by atoms with Gasteiger partial charge < -0.3 is 9.47 Å². The van der Waals surface area contributed by atoms with Crippen molar-refractivity contribution in [3.05, 3.63) is 58.6 Å². The van der Waals surface area contributed by atoms with Crippen LogP contribution >= 0.6 is 27.5 Å². The topological polar surface area (TPSA) is 18.5 Å². The molecule has 0 bridgehead atoms. The van der Waals surface area contributed by atoms with Crippen LogP contribution in [-0.4, -0.2) is 14.2 Å². The van der Waals surface area contributed by atoms with Crippen molar-refractivity contribution < 1.29 is 9.47 Å². The van der Waals surface area contributed by atoms with E-state index in [0.29, 0.717) is 0 Å². The SMILES string of the molecule is COc1cc(OC)cc(C(Br)Cc2ccccc2Cl)c1. The first-order chi connectivity index (χ1) is 9.63. The Balaban J connectivity index is 2.24. The van der Waals surface area contributed by atoms with E-state index in [1.165, 1.54) is 0 Å². The molecule has 0 spiro atoms. The number of halogens is 2. The molecule has 2 aromatic carbocycles. The lowest BCUT2D eigenvalue weighted by molar-refractivity contribution is 0.393. The Hall–Kier alpha value is -1.19. The number of benzene rings is 2. The summed E-state index contributed by atoms with van der Waals surface area (Å²) in [5, 5.41) is 0.784. The quantitative estimate of drug-likeness (QED) is 0.700. The smallest absolute Gasteiger partial charge is 0.122 e. The molecule has 0 saturated carbocycles. The van der Waals surface area contributed by atoms with Crippen LogP contribution < -0.4 is 9.47 Å². The molecule has 0 fully saturated rings. The van der Waals surface area contributed by atoms with Crippen LogP contribution in [0.3, 0.4) is 0 Å². The lowest BCUT2D eigenvalue weighted by atomic mass is 10.0. The van der Waals surface area contributed by atoms with Gasteiger partial charge in [0.05, 0.1) is 14.2 Å². The summed E-state index contributed by atoms with van der Waals surface area (Å²) >= 11 is 9.92. The molecule has 0 radical (unpaired) electrons. The van der Waals surface area contributed by atoms with Gasteiger partial charge in [-0.15, -0.1) is 0 Å². The van der Waals surface area contributed by atoms with Crippen LogP contribution in [0.15, 0.2) is 42.5 Å². The largest absolute Gasteiger partial charge is 0.497 e. The molecular weight excluding hydrogens is 340 g/mol. The first-order valence-corrected chi connectivity index (χ1v) is 7.54. The van der Waals surface area contributed by atoms with E-state index in [2.05, 4.69) is 15.9 Å². The minimum atomic E-state index is 0.145. The molecule has 2 rings (SSSR count). The first-order valence-electron chi connectivity index (χ1n) is 6.24. The Labute approximate surface area is 132 Å². The first kappa shape index (κ1) is 15.2. The van der Waals surface area contributed by atoms with Crippen molar-refractivity contribution in [2.75, 3.05) is 14.2 Å². The Morgan fingerprint density at radius 2 is 1.65 bits per heavy atom. The molecule has 1 unspecified atom stereocenters. The third kappa shape index (κ3) is 3.68. The van der Waals surface area contributed by atoms with Crippen LogP contribution in [0.5, 0.6) is 11.5 Å². The molecule has 1 atom stereocenters. The van der Waals surface area contributed by atoms with E-state index in [-0.39, 0.29) is 4.83 Å². The molecule has 106 valence electrons. The Kier molecular flexibility index (Phi) is 5.32. The molecule has 20 heavy (non-hydrogen) atoms. The fourth-order valence-corrected chi connectivity index (χ4v) is 2.81. The van der Waals surface area contributed by atoms with E-state index in [1.807, 2.05) is 42.5 Å². The van der Waals surface area contributed by atoms with Crippen LogP contribution in [0.25, 0.3) is 0 Å². The molecular formula is C16H16BrClO2. The number of hydrogen-bond donors (Lipinski definition) is 0.